The molecule has 2 aromatic heterocycles. The molecule has 9 nitrogen and oxygen atoms in total. The summed E-state index contributed by atoms with van der Waals surface area (Å²) in [6.45, 7) is 4.06. The van der Waals surface area contributed by atoms with Gasteiger partial charge in [0, 0.05) is 17.0 Å². The van der Waals surface area contributed by atoms with Crippen LogP contribution in [-0.2, 0) is 49.2 Å². The van der Waals surface area contributed by atoms with Crippen LogP contribution in [0.3, 0.4) is 0 Å². The molecule has 2 N–H and O–H groups in total. The smallest absolute Gasteiger partial charge is 0.416 e. The largest absolute Gasteiger partial charge is 0.480 e. The van der Waals surface area contributed by atoms with E-state index in [1.807, 2.05) is 33.4 Å². The summed E-state index contributed by atoms with van der Waals surface area (Å²) < 4.78 is 56.7. The molecule has 51 heavy (non-hydrogen) atoms. The number of hydrogen-bond acceptors (Lipinski definition) is 7. The Morgan fingerprint density at radius 1 is 0.882 bits per heavy atom. The molecule has 5 aromatic rings. The lowest BCUT2D eigenvalue weighted by atomic mass is 9.99. The number of nitrogens with zero attached hydrogens (tertiary/aromatic N) is 5. The van der Waals surface area contributed by atoms with E-state index in [9.17, 15) is 32.3 Å². The minimum Gasteiger partial charge on any atom is -0.480 e. The molecule has 1 unspecified atom stereocenters. The molecular weight excluding hydrogens is 685 g/mol. The highest BCUT2D eigenvalue weighted by Gasteiger charge is 2.32. The van der Waals surface area contributed by atoms with Crippen molar-refractivity contribution in [1.82, 2.24) is 29.6 Å². The van der Waals surface area contributed by atoms with Crippen molar-refractivity contribution in [1.29, 1.82) is 0 Å². The van der Waals surface area contributed by atoms with Crippen molar-refractivity contribution in [3.63, 3.8) is 0 Å². The number of fused-ring (bicyclic) bond motifs is 1. The number of carbonyl (C=O) groups is 1. The first-order valence-electron chi connectivity index (χ1n) is 16.5. The number of nitrogens with one attached hydrogen (secondary N) is 1. The van der Waals surface area contributed by atoms with Crippen LogP contribution in [-0.4, -0.2) is 40.9 Å². The zero-order valence-corrected chi connectivity index (χ0v) is 28.8. The number of carboxylic acids is 1. The summed E-state index contributed by atoms with van der Waals surface area (Å²) in [4.78, 5) is 29.5. The molecular formula is C37H36F4N6O3S. The first-order chi connectivity index (χ1) is 24.3. The molecule has 0 saturated heterocycles. The van der Waals surface area contributed by atoms with E-state index in [1.165, 1.54) is 36.0 Å². The molecule has 1 aliphatic rings. The van der Waals surface area contributed by atoms with Crippen molar-refractivity contribution in [2.45, 2.75) is 81.8 Å². The van der Waals surface area contributed by atoms with E-state index < -0.39 is 23.2 Å². The number of halogens is 4. The number of aromatic nitrogens is 5. The minimum absolute atomic E-state index is 0.111. The number of thioether (sulfide) groups is 1. The third-order valence-corrected chi connectivity index (χ3v) is 10.4. The van der Waals surface area contributed by atoms with Gasteiger partial charge in [0.2, 0.25) is 0 Å². The Hall–Kier alpha value is -4.82. The van der Waals surface area contributed by atoms with Crippen LogP contribution in [0.15, 0.2) is 82.7 Å². The molecule has 1 aliphatic carbocycles. The van der Waals surface area contributed by atoms with Crippen LogP contribution in [0, 0.1) is 5.82 Å². The topological polar surface area (TPSA) is 115 Å². The number of carboxylic acid groups (broad SMARTS) is 1. The third kappa shape index (κ3) is 8.07. The second-order valence-electron chi connectivity index (χ2n) is 12.7. The molecule has 14 heteroatoms. The van der Waals surface area contributed by atoms with E-state index in [1.54, 1.807) is 26.0 Å². The molecule has 0 fully saturated rings. The zero-order valence-electron chi connectivity index (χ0n) is 28.0. The first kappa shape index (κ1) is 36.0. The van der Waals surface area contributed by atoms with E-state index in [2.05, 4.69) is 20.5 Å². The van der Waals surface area contributed by atoms with Crippen LogP contribution in [0.5, 0.6) is 0 Å². The summed E-state index contributed by atoms with van der Waals surface area (Å²) in [7, 11) is 0. The van der Waals surface area contributed by atoms with E-state index in [-0.39, 0.29) is 24.5 Å². The van der Waals surface area contributed by atoms with Gasteiger partial charge in [0.25, 0.3) is 5.56 Å². The van der Waals surface area contributed by atoms with Crippen LogP contribution in [0.1, 0.15) is 66.3 Å². The highest BCUT2D eigenvalue weighted by Crippen LogP contribution is 2.31. The third-order valence-electron chi connectivity index (χ3n) is 9.34. The van der Waals surface area contributed by atoms with Gasteiger partial charge >= 0.3 is 12.1 Å². The number of rotatable bonds is 13. The second kappa shape index (κ2) is 14.8. The Bertz CT molecular complexity index is 2080. The van der Waals surface area contributed by atoms with Gasteiger partial charge in [-0.3, -0.25) is 14.9 Å². The predicted molar refractivity (Wildman–Crippen MR) is 185 cm³/mol. The molecule has 0 spiro atoms. The molecule has 266 valence electrons. The number of benzene rings is 3. The van der Waals surface area contributed by atoms with Crippen molar-refractivity contribution in [2.75, 3.05) is 0 Å². The molecule has 1 atom stereocenters. The highest BCUT2D eigenvalue weighted by atomic mass is 32.2. The van der Waals surface area contributed by atoms with Gasteiger partial charge in [-0.25, -0.2) is 4.39 Å². The average Bonchev–Trinajstić information content (AvgIpc) is 3.76. The zero-order chi connectivity index (χ0) is 36.3. The fourth-order valence-corrected chi connectivity index (χ4v) is 6.96. The molecule has 0 radical (unpaired) electrons. The van der Waals surface area contributed by atoms with E-state index in [0.29, 0.717) is 59.5 Å². The van der Waals surface area contributed by atoms with Gasteiger partial charge in [-0.2, -0.15) is 18.2 Å². The van der Waals surface area contributed by atoms with Gasteiger partial charge in [0.1, 0.15) is 17.2 Å². The lowest BCUT2D eigenvalue weighted by Gasteiger charge is -2.24. The number of hydrogen-bond donors (Lipinski definition) is 2. The maximum absolute atomic E-state index is 13.5. The monoisotopic (exact) mass is 720 g/mol. The van der Waals surface area contributed by atoms with Crippen molar-refractivity contribution in [2.24, 2.45) is 0 Å². The fourth-order valence-electron chi connectivity index (χ4n) is 5.99. The highest BCUT2D eigenvalue weighted by molar-refractivity contribution is 7.98. The molecule has 0 amide bonds. The Morgan fingerprint density at radius 2 is 1.51 bits per heavy atom. The lowest BCUT2D eigenvalue weighted by molar-refractivity contribution is -0.144. The molecule has 2 heterocycles. The number of aliphatic carboxylic acids is 1. The Balaban J connectivity index is 1.33. The summed E-state index contributed by atoms with van der Waals surface area (Å²) in [5.74, 6) is 0.202. The normalized spacial score (nSPS) is 14.0. The SMILES string of the molecule is CCC(C)(NCc1nnc(Cn2c(SCc3ccc(F)cc3)nc(=O)c3c2CCC3)n1Cc1ccc(-c2ccc(C(F)(F)F)cc2)cc1)C(=O)O. The van der Waals surface area contributed by atoms with Gasteiger partial charge < -0.3 is 14.2 Å². The summed E-state index contributed by atoms with van der Waals surface area (Å²) >= 11 is 1.38. The minimum atomic E-state index is -4.42. The molecule has 0 saturated carbocycles. The maximum atomic E-state index is 13.5. The van der Waals surface area contributed by atoms with Gasteiger partial charge in [-0.05, 0) is 79.1 Å². The first-order valence-corrected chi connectivity index (χ1v) is 17.5. The lowest BCUT2D eigenvalue weighted by Crippen LogP contribution is -2.48. The summed E-state index contributed by atoms with van der Waals surface area (Å²) in [6.07, 6.45) is -1.95. The molecule has 0 aliphatic heterocycles. The average molecular weight is 721 g/mol. The Labute approximate surface area is 295 Å². The molecule has 3 aromatic carbocycles. The van der Waals surface area contributed by atoms with Gasteiger partial charge in [0.05, 0.1) is 25.2 Å². The number of alkyl halides is 3. The van der Waals surface area contributed by atoms with Crippen LogP contribution in [0.4, 0.5) is 17.6 Å². The predicted octanol–water partition coefficient (Wildman–Crippen LogP) is 6.88. The summed E-state index contributed by atoms with van der Waals surface area (Å²) in [5, 5.41) is 22.5. The van der Waals surface area contributed by atoms with Crippen molar-refractivity contribution in [3.8, 4) is 11.1 Å². The quantitative estimate of drug-likeness (QED) is 0.0769. The van der Waals surface area contributed by atoms with Gasteiger partial charge in [-0.1, -0.05) is 67.2 Å². The maximum Gasteiger partial charge on any atom is 0.416 e. The van der Waals surface area contributed by atoms with Crippen molar-refractivity contribution >= 4 is 17.7 Å². The second-order valence-corrected chi connectivity index (χ2v) is 13.7. The van der Waals surface area contributed by atoms with Crippen LogP contribution in [0.25, 0.3) is 11.1 Å². The Morgan fingerprint density at radius 3 is 2.14 bits per heavy atom. The van der Waals surface area contributed by atoms with Gasteiger partial charge in [0.15, 0.2) is 11.0 Å². The van der Waals surface area contributed by atoms with Crippen LogP contribution >= 0.6 is 11.8 Å². The summed E-state index contributed by atoms with van der Waals surface area (Å²) in [6, 6.07) is 18.6. The van der Waals surface area contributed by atoms with Crippen LogP contribution < -0.4 is 10.9 Å². The standard InChI is InChI=1S/C37H36F4N6O3S/c1-3-36(2,34(49)50)42-19-31-44-45-32(47(31)20-23-7-11-25(12-8-23)26-13-15-27(16-14-26)37(39,40)41)21-46-30-6-4-5-29(30)33(48)43-35(46)51-22-24-9-17-28(38)18-10-24/h7-18,42H,3-6,19-22H2,1-2H3,(H,49,50). The molecule has 6 rings (SSSR count). The van der Waals surface area contributed by atoms with Crippen molar-refractivity contribution < 1.29 is 27.5 Å². The van der Waals surface area contributed by atoms with Crippen molar-refractivity contribution in [3.05, 3.63) is 129 Å². The van der Waals surface area contributed by atoms with Gasteiger partial charge in [-0.15, -0.1) is 10.2 Å². The summed E-state index contributed by atoms with van der Waals surface area (Å²) in [5.41, 5.74) is 2.50. The Kier molecular flexibility index (Phi) is 10.4. The van der Waals surface area contributed by atoms with E-state index >= 15 is 0 Å². The van der Waals surface area contributed by atoms with E-state index in [0.717, 1.165) is 40.9 Å². The van der Waals surface area contributed by atoms with Crippen LogP contribution in [0.2, 0.25) is 0 Å². The fraction of sp³-hybridized carbons (Fsp3) is 0.324. The van der Waals surface area contributed by atoms with E-state index in [4.69, 9.17) is 0 Å². The molecule has 0 bridgehead atoms.